The summed E-state index contributed by atoms with van der Waals surface area (Å²) in [6, 6.07) is 0. The molecule has 2 rings (SSSR count). The molecule has 1 aromatic heterocycles. The zero-order chi connectivity index (χ0) is 14.1. The largest absolute Gasteiger partial charge is 0.306 e. The highest BCUT2D eigenvalue weighted by atomic mass is 32.1. The molecule has 1 aromatic rings. The molecule has 0 saturated heterocycles. The molecule has 0 spiro atoms. The summed E-state index contributed by atoms with van der Waals surface area (Å²) in [4.78, 5) is 4.65. The maximum Gasteiger partial charge on any atom is 0.113 e. The van der Waals surface area contributed by atoms with Crippen LogP contribution < -0.4 is 5.32 Å². The number of thiazole rings is 1. The van der Waals surface area contributed by atoms with Crippen LogP contribution in [-0.2, 0) is 5.54 Å². The Morgan fingerprint density at radius 2 is 1.55 bits per heavy atom. The van der Waals surface area contributed by atoms with E-state index in [4.69, 9.17) is 0 Å². The van der Waals surface area contributed by atoms with Crippen molar-refractivity contribution in [2.75, 3.05) is 6.54 Å². The van der Waals surface area contributed by atoms with Crippen molar-refractivity contribution in [3.8, 4) is 0 Å². The Morgan fingerprint density at radius 3 is 2.00 bits per heavy atom. The monoisotopic (exact) mass is 294 g/mol. The Labute approximate surface area is 128 Å². The molecule has 3 heteroatoms. The van der Waals surface area contributed by atoms with Gasteiger partial charge in [-0.05, 0) is 19.4 Å². The standard InChI is InChI=1S/C17H30N2S/c1-2-19-17(16-18-14-15-20-16)12-10-8-6-4-3-5-7-9-11-13-17/h14-15,19H,2-13H2,1H3. The highest BCUT2D eigenvalue weighted by Gasteiger charge is 2.32. The normalized spacial score (nSPS) is 21.9. The average molecular weight is 295 g/mol. The molecule has 0 unspecified atom stereocenters. The summed E-state index contributed by atoms with van der Waals surface area (Å²) in [6.45, 7) is 3.27. The molecule has 0 aromatic carbocycles. The van der Waals surface area contributed by atoms with Gasteiger partial charge in [-0.2, -0.15) is 0 Å². The van der Waals surface area contributed by atoms with Crippen LogP contribution in [-0.4, -0.2) is 11.5 Å². The first-order valence-electron chi connectivity index (χ1n) is 8.52. The molecule has 2 nitrogen and oxygen atoms in total. The summed E-state index contributed by atoms with van der Waals surface area (Å²) in [6.07, 6.45) is 17.1. The topological polar surface area (TPSA) is 24.9 Å². The van der Waals surface area contributed by atoms with E-state index >= 15 is 0 Å². The van der Waals surface area contributed by atoms with Gasteiger partial charge in [0.25, 0.3) is 0 Å². The van der Waals surface area contributed by atoms with E-state index in [2.05, 4.69) is 22.6 Å². The van der Waals surface area contributed by atoms with Gasteiger partial charge in [0.2, 0.25) is 0 Å². The first-order valence-corrected chi connectivity index (χ1v) is 9.40. The van der Waals surface area contributed by atoms with E-state index in [9.17, 15) is 0 Å². The smallest absolute Gasteiger partial charge is 0.113 e. The average Bonchev–Trinajstić information content (AvgIpc) is 2.97. The van der Waals surface area contributed by atoms with E-state index in [1.165, 1.54) is 75.6 Å². The van der Waals surface area contributed by atoms with Gasteiger partial charge >= 0.3 is 0 Å². The van der Waals surface area contributed by atoms with Crippen molar-refractivity contribution in [3.05, 3.63) is 16.6 Å². The highest BCUT2D eigenvalue weighted by molar-refractivity contribution is 7.09. The molecule has 0 aliphatic heterocycles. The fraction of sp³-hybridized carbons (Fsp3) is 0.824. The van der Waals surface area contributed by atoms with Gasteiger partial charge in [0.1, 0.15) is 5.01 Å². The second-order valence-corrected chi connectivity index (χ2v) is 7.03. The van der Waals surface area contributed by atoms with Crippen molar-refractivity contribution >= 4 is 11.3 Å². The number of nitrogens with zero attached hydrogens (tertiary/aromatic N) is 1. The molecular formula is C17H30N2S. The molecule has 1 heterocycles. The Hall–Kier alpha value is -0.410. The molecule has 1 aliphatic carbocycles. The molecule has 1 fully saturated rings. The van der Waals surface area contributed by atoms with Gasteiger partial charge < -0.3 is 5.32 Å². The quantitative estimate of drug-likeness (QED) is 0.823. The third-order valence-electron chi connectivity index (χ3n) is 4.56. The van der Waals surface area contributed by atoms with E-state index in [0.29, 0.717) is 0 Å². The fourth-order valence-electron chi connectivity index (χ4n) is 3.48. The Kier molecular flexibility index (Phi) is 7.01. The summed E-state index contributed by atoms with van der Waals surface area (Å²) in [5, 5.41) is 7.25. The van der Waals surface area contributed by atoms with Gasteiger partial charge in [-0.3, -0.25) is 0 Å². The molecule has 1 N–H and O–H groups in total. The predicted molar refractivity (Wildman–Crippen MR) is 88.3 cm³/mol. The third kappa shape index (κ3) is 4.56. The van der Waals surface area contributed by atoms with Crippen LogP contribution in [0, 0.1) is 0 Å². The first-order chi connectivity index (χ1) is 9.87. The van der Waals surface area contributed by atoms with Gasteiger partial charge in [0.05, 0.1) is 5.54 Å². The number of hydrogen-bond acceptors (Lipinski definition) is 3. The molecule has 1 saturated carbocycles. The molecular weight excluding hydrogens is 264 g/mol. The number of hydrogen-bond donors (Lipinski definition) is 1. The molecule has 0 bridgehead atoms. The Morgan fingerprint density at radius 1 is 1.00 bits per heavy atom. The lowest BCUT2D eigenvalue weighted by molar-refractivity contribution is 0.267. The lowest BCUT2D eigenvalue weighted by atomic mass is 9.86. The summed E-state index contributed by atoms with van der Waals surface area (Å²) < 4.78 is 0. The summed E-state index contributed by atoms with van der Waals surface area (Å²) in [5.74, 6) is 0. The van der Waals surface area contributed by atoms with Crippen molar-refractivity contribution in [3.63, 3.8) is 0 Å². The zero-order valence-electron chi connectivity index (χ0n) is 13.0. The second-order valence-electron chi connectivity index (χ2n) is 6.13. The lowest BCUT2D eigenvalue weighted by Gasteiger charge is -2.33. The molecule has 0 amide bonds. The van der Waals surface area contributed by atoms with E-state index < -0.39 is 0 Å². The van der Waals surface area contributed by atoms with Crippen LogP contribution in [0.2, 0.25) is 0 Å². The summed E-state index contributed by atoms with van der Waals surface area (Å²) in [5.41, 5.74) is 0.155. The summed E-state index contributed by atoms with van der Waals surface area (Å²) in [7, 11) is 0. The molecule has 1 aliphatic rings. The summed E-state index contributed by atoms with van der Waals surface area (Å²) >= 11 is 1.83. The van der Waals surface area contributed by atoms with Crippen LogP contribution in [0.25, 0.3) is 0 Å². The van der Waals surface area contributed by atoms with E-state index in [1.54, 1.807) is 0 Å². The van der Waals surface area contributed by atoms with Crippen molar-refractivity contribution in [2.45, 2.75) is 83.1 Å². The Bertz CT molecular complexity index is 336. The molecule has 0 atom stereocenters. The van der Waals surface area contributed by atoms with E-state index in [-0.39, 0.29) is 5.54 Å². The van der Waals surface area contributed by atoms with Gasteiger partial charge in [-0.25, -0.2) is 4.98 Å². The molecule has 0 radical (unpaired) electrons. The maximum absolute atomic E-state index is 4.65. The molecule has 114 valence electrons. The SMILES string of the molecule is CCNC1(c2nccs2)CCCCCCCCCCC1. The highest BCUT2D eigenvalue weighted by Crippen LogP contribution is 2.35. The van der Waals surface area contributed by atoms with Gasteiger partial charge in [-0.1, -0.05) is 64.7 Å². The van der Waals surface area contributed by atoms with Crippen molar-refractivity contribution in [1.82, 2.24) is 10.3 Å². The van der Waals surface area contributed by atoms with Gasteiger partial charge in [0, 0.05) is 11.6 Å². The fourth-order valence-corrected chi connectivity index (χ4v) is 4.35. The number of rotatable bonds is 3. The van der Waals surface area contributed by atoms with Gasteiger partial charge in [-0.15, -0.1) is 11.3 Å². The lowest BCUT2D eigenvalue weighted by Crippen LogP contribution is -2.42. The van der Waals surface area contributed by atoms with Crippen LogP contribution in [0.3, 0.4) is 0 Å². The van der Waals surface area contributed by atoms with Crippen LogP contribution in [0.15, 0.2) is 11.6 Å². The van der Waals surface area contributed by atoms with Crippen molar-refractivity contribution in [1.29, 1.82) is 0 Å². The van der Waals surface area contributed by atoms with Gasteiger partial charge in [0.15, 0.2) is 0 Å². The predicted octanol–water partition coefficient (Wildman–Crippen LogP) is 5.25. The van der Waals surface area contributed by atoms with E-state index in [0.717, 1.165) is 6.54 Å². The number of nitrogens with one attached hydrogen (secondary N) is 1. The number of aromatic nitrogens is 1. The van der Waals surface area contributed by atoms with Crippen LogP contribution >= 0.6 is 11.3 Å². The second kappa shape index (κ2) is 8.78. The Balaban J connectivity index is 2.07. The van der Waals surface area contributed by atoms with E-state index in [1.807, 2.05) is 17.5 Å². The zero-order valence-corrected chi connectivity index (χ0v) is 13.8. The minimum atomic E-state index is 0.155. The van der Waals surface area contributed by atoms with Crippen LogP contribution in [0.5, 0.6) is 0 Å². The van der Waals surface area contributed by atoms with Crippen LogP contribution in [0.1, 0.15) is 82.6 Å². The third-order valence-corrected chi connectivity index (χ3v) is 5.54. The first kappa shape index (κ1) is 16.0. The van der Waals surface area contributed by atoms with Crippen molar-refractivity contribution in [2.24, 2.45) is 0 Å². The van der Waals surface area contributed by atoms with Crippen LogP contribution in [0.4, 0.5) is 0 Å². The van der Waals surface area contributed by atoms with Crippen molar-refractivity contribution < 1.29 is 0 Å². The minimum Gasteiger partial charge on any atom is -0.306 e. The minimum absolute atomic E-state index is 0.155. The maximum atomic E-state index is 4.65. The molecule has 20 heavy (non-hydrogen) atoms.